The van der Waals surface area contributed by atoms with Crippen molar-refractivity contribution >= 4 is 0 Å². The first kappa shape index (κ1) is 15.3. The molecule has 1 atom stereocenters. The van der Waals surface area contributed by atoms with Crippen molar-refractivity contribution in [3.63, 3.8) is 0 Å². The number of hydrogen-bond donors (Lipinski definition) is 1. The molecule has 0 fully saturated rings. The number of nitrogens with two attached hydrogens (primary N) is 1. The van der Waals surface area contributed by atoms with Crippen molar-refractivity contribution in [2.24, 2.45) is 5.73 Å². The minimum atomic E-state index is -0.295. The molecule has 1 unspecified atom stereocenters. The molecule has 0 radical (unpaired) electrons. The summed E-state index contributed by atoms with van der Waals surface area (Å²) in [4.78, 5) is 4.21. The number of pyridine rings is 1. The summed E-state index contributed by atoms with van der Waals surface area (Å²) in [6, 6.07) is 9.44. The largest absolute Gasteiger partial charge is 0.494 e. The maximum atomic E-state index is 6.37. The number of para-hydroxylation sites is 1. The van der Waals surface area contributed by atoms with Crippen LogP contribution in [0.25, 0.3) is 0 Å². The Labute approximate surface area is 125 Å². The standard InChI is InChI=1S/C17H22N2O2/c1-4-20-16-8-6-5-7-15(16)17(18)13-9-14(11-19-10-13)21-12(2)3/h5-12,17H,4,18H2,1-3H3. The van der Waals surface area contributed by atoms with Crippen LogP contribution in [-0.4, -0.2) is 17.7 Å². The van der Waals surface area contributed by atoms with E-state index in [9.17, 15) is 0 Å². The zero-order chi connectivity index (χ0) is 15.2. The summed E-state index contributed by atoms with van der Waals surface area (Å²) in [5.41, 5.74) is 8.22. The van der Waals surface area contributed by atoms with Gasteiger partial charge in [-0.15, -0.1) is 0 Å². The highest BCUT2D eigenvalue weighted by molar-refractivity contribution is 5.42. The fourth-order valence-electron chi connectivity index (χ4n) is 2.15. The van der Waals surface area contributed by atoms with Crippen molar-refractivity contribution in [1.82, 2.24) is 4.98 Å². The predicted octanol–water partition coefficient (Wildman–Crippen LogP) is 3.32. The third-order valence-electron chi connectivity index (χ3n) is 3.02. The van der Waals surface area contributed by atoms with Gasteiger partial charge in [-0.2, -0.15) is 0 Å². The van der Waals surface area contributed by atoms with E-state index < -0.39 is 0 Å². The molecule has 0 spiro atoms. The van der Waals surface area contributed by atoms with E-state index in [0.29, 0.717) is 6.61 Å². The first-order valence-electron chi connectivity index (χ1n) is 7.20. The smallest absolute Gasteiger partial charge is 0.138 e. The number of rotatable bonds is 6. The van der Waals surface area contributed by atoms with Crippen molar-refractivity contribution in [2.75, 3.05) is 6.61 Å². The minimum absolute atomic E-state index is 0.106. The molecule has 1 aromatic heterocycles. The van der Waals surface area contributed by atoms with Crippen molar-refractivity contribution in [1.29, 1.82) is 0 Å². The van der Waals surface area contributed by atoms with Gasteiger partial charge in [0.2, 0.25) is 0 Å². The van der Waals surface area contributed by atoms with E-state index in [-0.39, 0.29) is 12.1 Å². The molecule has 0 saturated heterocycles. The molecule has 0 saturated carbocycles. The molecule has 1 aromatic carbocycles. The van der Waals surface area contributed by atoms with Crippen LogP contribution in [0.3, 0.4) is 0 Å². The monoisotopic (exact) mass is 286 g/mol. The first-order chi connectivity index (χ1) is 10.1. The molecule has 0 amide bonds. The van der Waals surface area contributed by atoms with Gasteiger partial charge in [0, 0.05) is 11.8 Å². The Balaban J connectivity index is 2.29. The van der Waals surface area contributed by atoms with Crippen LogP contribution in [0, 0.1) is 0 Å². The average Bonchev–Trinajstić information content (AvgIpc) is 2.47. The highest BCUT2D eigenvalue weighted by Crippen LogP contribution is 2.29. The van der Waals surface area contributed by atoms with Gasteiger partial charge in [-0.3, -0.25) is 4.98 Å². The number of ether oxygens (including phenoxy) is 2. The Morgan fingerprint density at radius 1 is 1.19 bits per heavy atom. The lowest BCUT2D eigenvalue weighted by Crippen LogP contribution is -2.14. The van der Waals surface area contributed by atoms with Crippen LogP contribution in [0.2, 0.25) is 0 Å². The summed E-state index contributed by atoms with van der Waals surface area (Å²) in [5.74, 6) is 1.54. The molecule has 1 heterocycles. The topological polar surface area (TPSA) is 57.4 Å². The number of nitrogens with zero attached hydrogens (tertiary/aromatic N) is 1. The maximum Gasteiger partial charge on any atom is 0.138 e. The summed E-state index contributed by atoms with van der Waals surface area (Å²) in [6.45, 7) is 6.54. The maximum absolute atomic E-state index is 6.37. The van der Waals surface area contributed by atoms with Crippen molar-refractivity contribution in [2.45, 2.75) is 32.9 Å². The second-order valence-corrected chi connectivity index (χ2v) is 5.07. The van der Waals surface area contributed by atoms with Gasteiger partial charge in [-0.25, -0.2) is 0 Å². The van der Waals surface area contributed by atoms with E-state index in [1.165, 1.54) is 0 Å². The van der Waals surface area contributed by atoms with Crippen LogP contribution in [0.1, 0.15) is 37.9 Å². The number of benzene rings is 1. The zero-order valence-electron chi connectivity index (χ0n) is 12.7. The molecule has 0 aliphatic carbocycles. The van der Waals surface area contributed by atoms with Crippen molar-refractivity contribution < 1.29 is 9.47 Å². The Morgan fingerprint density at radius 2 is 1.95 bits per heavy atom. The van der Waals surface area contributed by atoms with Crippen molar-refractivity contribution in [3.8, 4) is 11.5 Å². The third kappa shape index (κ3) is 3.95. The molecule has 0 aliphatic rings. The van der Waals surface area contributed by atoms with E-state index in [1.807, 2.05) is 51.1 Å². The molecule has 0 bridgehead atoms. The Kier molecular flexibility index (Phi) is 5.17. The fourth-order valence-corrected chi connectivity index (χ4v) is 2.15. The predicted molar refractivity (Wildman–Crippen MR) is 83.6 cm³/mol. The average molecular weight is 286 g/mol. The lowest BCUT2D eigenvalue weighted by Gasteiger charge is -2.17. The second kappa shape index (κ2) is 7.09. The summed E-state index contributed by atoms with van der Waals surface area (Å²) in [7, 11) is 0. The summed E-state index contributed by atoms with van der Waals surface area (Å²) in [6.07, 6.45) is 3.57. The summed E-state index contributed by atoms with van der Waals surface area (Å²) >= 11 is 0. The highest BCUT2D eigenvalue weighted by atomic mass is 16.5. The highest BCUT2D eigenvalue weighted by Gasteiger charge is 2.15. The Bertz CT molecular complexity index is 585. The minimum Gasteiger partial charge on any atom is -0.494 e. The molecule has 0 aliphatic heterocycles. The van der Waals surface area contributed by atoms with E-state index in [4.69, 9.17) is 15.2 Å². The van der Waals surface area contributed by atoms with Gasteiger partial charge >= 0.3 is 0 Å². The number of aromatic nitrogens is 1. The molecular weight excluding hydrogens is 264 g/mol. The second-order valence-electron chi connectivity index (χ2n) is 5.07. The number of hydrogen-bond acceptors (Lipinski definition) is 4. The van der Waals surface area contributed by atoms with Gasteiger partial charge in [0.25, 0.3) is 0 Å². The fraction of sp³-hybridized carbons (Fsp3) is 0.353. The first-order valence-corrected chi connectivity index (χ1v) is 7.20. The molecule has 4 nitrogen and oxygen atoms in total. The van der Waals surface area contributed by atoms with Crippen LogP contribution in [0.4, 0.5) is 0 Å². The van der Waals surface area contributed by atoms with Crippen LogP contribution >= 0.6 is 0 Å². The lowest BCUT2D eigenvalue weighted by molar-refractivity contribution is 0.241. The molecule has 112 valence electrons. The van der Waals surface area contributed by atoms with Crippen LogP contribution in [-0.2, 0) is 0 Å². The molecule has 2 aromatic rings. The summed E-state index contributed by atoms with van der Waals surface area (Å²) < 4.78 is 11.3. The van der Waals surface area contributed by atoms with E-state index >= 15 is 0 Å². The quantitative estimate of drug-likeness (QED) is 0.885. The normalized spacial score (nSPS) is 12.2. The van der Waals surface area contributed by atoms with Gasteiger partial charge in [-0.1, -0.05) is 18.2 Å². The molecular formula is C17H22N2O2. The van der Waals surface area contributed by atoms with Gasteiger partial charge in [0.15, 0.2) is 0 Å². The Hall–Kier alpha value is -2.07. The van der Waals surface area contributed by atoms with E-state index in [2.05, 4.69) is 4.98 Å². The van der Waals surface area contributed by atoms with E-state index in [1.54, 1.807) is 12.4 Å². The van der Waals surface area contributed by atoms with Crippen LogP contribution in [0.5, 0.6) is 11.5 Å². The van der Waals surface area contributed by atoms with Gasteiger partial charge in [-0.05, 0) is 38.5 Å². The zero-order valence-corrected chi connectivity index (χ0v) is 12.7. The molecule has 21 heavy (non-hydrogen) atoms. The third-order valence-corrected chi connectivity index (χ3v) is 3.02. The van der Waals surface area contributed by atoms with Crippen molar-refractivity contribution in [3.05, 3.63) is 53.9 Å². The lowest BCUT2D eigenvalue weighted by atomic mass is 10.00. The van der Waals surface area contributed by atoms with Gasteiger partial charge in [0.1, 0.15) is 11.5 Å². The van der Waals surface area contributed by atoms with E-state index in [0.717, 1.165) is 22.6 Å². The molecule has 2 N–H and O–H groups in total. The van der Waals surface area contributed by atoms with Gasteiger partial charge < -0.3 is 15.2 Å². The Morgan fingerprint density at radius 3 is 2.67 bits per heavy atom. The van der Waals surface area contributed by atoms with Crippen LogP contribution in [0.15, 0.2) is 42.7 Å². The summed E-state index contributed by atoms with van der Waals surface area (Å²) in [5, 5.41) is 0. The van der Waals surface area contributed by atoms with Gasteiger partial charge in [0.05, 0.1) is 24.9 Å². The SMILES string of the molecule is CCOc1ccccc1C(N)c1cncc(OC(C)C)c1. The molecule has 4 heteroatoms. The molecule has 2 rings (SSSR count). The van der Waals surface area contributed by atoms with Crippen LogP contribution < -0.4 is 15.2 Å².